The fourth-order valence-electron chi connectivity index (χ4n) is 2.39. The zero-order valence-corrected chi connectivity index (χ0v) is 12.0. The molecule has 0 aromatic carbocycles. The Hall–Kier alpha value is -1.73. The summed E-state index contributed by atoms with van der Waals surface area (Å²) in [6.45, 7) is 5.24. The summed E-state index contributed by atoms with van der Waals surface area (Å²) in [7, 11) is 1.61. The third-order valence-electron chi connectivity index (χ3n) is 3.05. The van der Waals surface area contributed by atoms with Crippen molar-refractivity contribution in [3.8, 4) is 0 Å². The highest BCUT2D eigenvalue weighted by Crippen LogP contribution is 2.23. The van der Waals surface area contributed by atoms with Crippen molar-refractivity contribution < 1.29 is 14.3 Å². The maximum Gasteiger partial charge on any atom is 0.276 e. The number of anilines is 1. The van der Waals surface area contributed by atoms with Crippen molar-refractivity contribution in [2.75, 3.05) is 32.5 Å². The van der Waals surface area contributed by atoms with Crippen LogP contribution in [0.15, 0.2) is 12.4 Å². The maximum absolute atomic E-state index is 12.5. The van der Waals surface area contributed by atoms with E-state index in [1.165, 1.54) is 12.4 Å². The van der Waals surface area contributed by atoms with E-state index in [9.17, 15) is 4.79 Å². The molecule has 7 heteroatoms. The van der Waals surface area contributed by atoms with E-state index < -0.39 is 5.60 Å². The second-order valence-corrected chi connectivity index (χ2v) is 5.43. The van der Waals surface area contributed by atoms with E-state index in [1.54, 1.807) is 12.0 Å². The lowest BCUT2D eigenvalue weighted by atomic mass is 10.0. The quantitative estimate of drug-likeness (QED) is 0.857. The van der Waals surface area contributed by atoms with E-state index in [4.69, 9.17) is 15.2 Å². The fraction of sp³-hybridized carbons (Fsp3) is 0.615. The van der Waals surface area contributed by atoms with Gasteiger partial charge in [0.2, 0.25) is 0 Å². The Morgan fingerprint density at radius 3 is 2.90 bits per heavy atom. The number of carbonyl (C=O) groups excluding carboxylic acids is 1. The Labute approximate surface area is 118 Å². The standard InChI is InChI=1S/C13H20N4O3/c1-13(2)8-17(6-9(20-13)7-19-3)12(18)10-11(14)16-5-4-15-10/h4-5,9H,6-8H2,1-3H3,(H2,14,16). The van der Waals surface area contributed by atoms with Crippen molar-refractivity contribution in [3.63, 3.8) is 0 Å². The molecular weight excluding hydrogens is 260 g/mol. The van der Waals surface area contributed by atoms with Gasteiger partial charge in [-0.25, -0.2) is 9.97 Å². The summed E-state index contributed by atoms with van der Waals surface area (Å²) in [4.78, 5) is 22.1. The van der Waals surface area contributed by atoms with E-state index in [1.807, 2.05) is 13.8 Å². The molecule has 1 atom stereocenters. The predicted molar refractivity (Wildman–Crippen MR) is 73.2 cm³/mol. The Morgan fingerprint density at radius 2 is 2.25 bits per heavy atom. The molecule has 0 radical (unpaired) electrons. The van der Waals surface area contributed by atoms with Crippen molar-refractivity contribution in [1.29, 1.82) is 0 Å². The molecule has 20 heavy (non-hydrogen) atoms. The van der Waals surface area contributed by atoms with Gasteiger partial charge in [0.1, 0.15) is 0 Å². The fourth-order valence-corrected chi connectivity index (χ4v) is 2.39. The van der Waals surface area contributed by atoms with Crippen LogP contribution in [0.5, 0.6) is 0 Å². The predicted octanol–water partition coefficient (Wildman–Crippen LogP) is 0.325. The number of methoxy groups -OCH3 is 1. The van der Waals surface area contributed by atoms with Crippen molar-refractivity contribution in [2.45, 2.75) is 25.6 Å². The molecule has 2 rings (SSSR count). The van der Waals surface area contributed by atoms with Gasteiger partial charge in [0.25, 0.3) is 5.91 Å². The van der Waals surface area contributed by atoms with Gasteiger partial charge in [0.05, 0.1) is 18.3 Å². The van der Waals surface area contributed by atoms with Gasteiger partial charge in [-0.3, -0.25) is 4.79 Å². The van der Waals surface area contributed by atoms with Gasteiger partial charge in [0.15, 0.2) is 11.5 Å². The van der Waals surface area contributed by atoms with Crippen LogP contribution in [0.25, 0.3) is 0 Å². The third kappa shape index (κ3) is 3.23. The first kappa shape index (κ1) is 14.7. The SMILES string of the molecule is COCC1CN(C(=O)c2nccnc2N)CC(C)(C)O1. The topological polar surface area (TPSA) is 90.6 Å². The Balaban J connectivity index is 2.18. The van der Waals surface area contributed by atoms with Crippen LogP contribution in [0.4, 0.5) is 5.82 Å². The molecule has 1 unspecified atom stereocenters. The first-order valence-corrected chi connectivity index (χ1v) is 6.45. The molecule has 0 saturated carbocycles. The first-order chi connectivity index (χ1) is 9.43. The molecular formula is C13H20N4O3. The van der Waals surface area contributed by atoms with Crippen LogP contribution >= 0.6 is 0 Å². The number of hydrogen-bond donors (Lipinski definition) is 1. The summed E-state index contributed by atoms with van der Waals surface area (Å²) >= 11 is 0. The largest absolute Gasteiger partial charge is 0.382 e. The number of ether oxygens (including phenoxy) is 2. The number of rotatable bonds is 3. The molecule has 0 spiro atoms. The van der Waals surface area contributed by atoms with Crippen LogP contribution in [0.2, 0.25) is 0 Å². The Morgan fingerprint density at radius 1 is 1.55 bits per heavy atom. The molecule has 2 heterocycles. The lowest BCUT2D eigenvalue weighted by Gasteiger charge is -2.42. The average molecular weight is 280 g/mol. The van der Waals surface area contributed by atoms with E-state index in [2.05, 4.69) is 9.97 Å². The van der Waals surface area contributed by atoms with E-state index >= 15 is 0 Å². The van der Waals surface area contributed by atoms with Gasteiger partial charge in [-0.15, -0.1) is 0 Å². The number of amides is 1. The minimum atomic E-state index is -0.436. The third-order valence-corrected chi connectivity index (χ3v) is 3.05. The first-order valence-electron chi connectivity index (χ1n) is 6.45. The Kier molecular flexibility index (Phi) is 4.20. The van der Waals surface area contributed by atoms with Crippen molar-refractivity contribution in [3.05, 3.63) is 18.1 Å². The van der Waals surface area contributed by atoms with Crippen LogP contribution in [0.1, 0.15) is 24.3 Å². The number of nitrogen functional groups attached to an aromatic ring is 1. The van der Waals surface area contributed by atoms with Crippen LogP contribution < -0.4 is 5.73 Å². The lowest BCUT2D eigenvalue weighted by molar-refractivity contribution is -0.143. The minimum absolute atomic E-state index is 0.144. The molecule has 1 amide bonds. The van der Waals surface area contributed by atoms with Gasteiger partial charge in [-0.2, -0.15) is 0 Å². The molecule has 110 valence electrons. The van der Waals surface area contributed by atoms with E-state index in [-0.39, 0.29) is 23.5 Å². The van der Waals surface area contributed by atoms with E-state index in [0.29, 0.717) is 19.7 Å². The highest BCUT2D eigenvalue weighted by Gasteiger charge is 2.36. The molecule has 1 aromatic heterocycles. The molecule has 1 aliphatic rings. The van der Waals surface area contributed by atoms with Crippen LogP contribution in [0, 0.1) is 0 Å². The van der Waals surface area contributed by atoms with Crippen LogP contribution in [-0.4, -0.2) is 59.3 Å². The second kappa shape index (κ2) is 5.72. The monoisotopic (exact) mass is 280 g/mol. The van der Waals surface area contributed by atoms with Gasteiger partial charge < -0.3 is 20.1 Å². The molecule has 1 fully saturated rings. The van der Waals surface area contributed by atoms with E-state index in [0.717, 1.165) is 0 Å². The zero-order chi connectivity index (χ0) is 14.8. The highest BCUT2D eigenvalue weighted by molar-refractivity contribution is 5.96. The molecule has 0 aliphatic carbocycles. The number of nitrogens with zero attached hydrogens (tertiary/aromatic N) is 3. The normalized spacial score (nSPS) is 21.8. The number of aromatic nitrogens is 2. The summed E-state index contributed by atoms with van der Waals surface area (Å²) in [5.74, 6) is -0.0850. The van der Waals surface area contributed by atoms with Gasteiger partial charge >= 0.3 is 0 Å². The van der Waals surface area contributed by atoms with Crippen molar-refractivity contribution in [1.82, 2.24) is 14.9 Å². The average Bonchev–Trinajstić information content (AvgIpc) is 2.37. The van der Waals surface area contributed by atoms with Crippen molar-refractivity contribution in [2.24, 2.45) is 0 Å². The summed E-state index contributed by atoms with van der Waals surface area (Å²) < 4.78 is 11.0. The zero-order valence-electron chi connectivity index (χ0n) is 12.0. The second-order valence-electron chi connectivity index (χ2n) is 5.43. The smallest absolute Gasteiger partial charge is 0.276 e. The van der Waals surface area contributed by atoms with Gasteiger partial charge in [0, 0.05) is 32.6 Å². The molecule has 7 nitrogen and oxygen atoms in total. The Bertz CT molecular complexity index is 492. The van der Waals surface area contributed by atoms with Crippen LogP contribution in [0.3, 0.4) is 0 Å². The van der Waals surface area contributed by atoms with Crippen molar-refractivity contribution >= 4 is 11.7 Å². The number of carbonyl (C=O) groups is 1. The summed E-state index contributed by atoms with van der Waals surface area (Å²) in [5.41, 5.74) is 5.46. The summed E-state index contributed by atoms with van der Waals surface area (Å²) in [6.07, 6.45) is 2.76. The summed E-state index contributed by atoms with van der Waals surface area (Å²) in [6, 6.07) is 0. The van der Waals surface area contributed by atoms with Crippen LogP contribution in [-0.2, 0) is 9.47 Å². The highest BCUT2D eigenvalue weighted by atomic mass is 16.5. The number of nitrogens with two attached hydrogens (primary N) is 1. The maximum atomic E-state index is 12.5. The summed E-state index contributed by atoms with van der Waals surface area (Å²) in [5, 5.41) is 0. The molecule has 1 saturated heterocycles. The van der Waals surface area contributed by atoms with Gasteiger partial charge in [-0.1, -0.05) is 0 Å². The minimum Gasteiger partial charge on any atom is -0.382 e. The molecule has 1 aromatic rings. The number of morpholine rings is 1. The van der Waals surface area contributed by atoms with Gasteiger partial charge in [-0.05, 0) is 13.8 Å². The number of hydrogen-bond acceptors (Lipinski definition) is 6. The molecule has 1 aliphatic heterocycles. The lowest BCUT2D eigenvalue weighted by Crippen LogP contribution is -2.55. The molecule has 2 N–H and O–H groups in total. The molecule has 0 bridgehead atoms.